The Morgan fingerprint density at radius 2 is 1.62 bits per heavy atom. The van der Waals surface area contributed by atoms with Gasteiger partial charge < -0.3 is 14.8 Å². The maximum absolute atomic E-state index is 14.4. The van der Waals surface area contributed by atoms with E-state index in [4.69, 9.17) is 4.74 Å². The van der Waals surface area contributed by atoms with Gasteiger partial charge in [0.05, 0.1) is 7.11 Å². The van der Waals surface area contributed by atoms with E-state index in [9.17, 15) is 18.4 Å². The minimum atomic E-state index is -3.33. The number of methoxy groups -OCH3 is 1. The van der Waals surface area contributed by atoms with E-state index in [-0.39, 0.29) is 12.2 Å². The molecule has 1 atom stereocenters. The molecule has 2 rings (SSSR count). The first kappa shape index (κ1) is 19.4. The first-order valence-electron chi connectivity index (χ1n) is 7.91. The number of alkyl halides is 2. The van der Waals surface area contributed by atoms with Crippen LogP contribution in [0, 0.1) is 0 Å². The Morgan fingerprint density at radius 3 is 2.19 bits per heavy atom. The number of hydrogen-bond acceptors (Lipinski definition) is 4. The van der Waals surface area contributed by atoms with Gasteiger partial charge in [0.25, 0.3) is 5.92 Å². The van der Waals surface area contributed by atoms with Gasteiger partial charge in [-0.25, -0.2) is 18.4 Å². The van der Waals surface area contributed by atoms with Gasteiger partial charge in [0.2, 0.25) is 0 Å². The molecular weight excluding hydrogens is 344 g/mol. The molecular formula is C19H19F2NO4. The first-order valence-corrected chi connectivity index (χ1v) is 7.91. The van der Waals surface area contributed by atoms with Crippen molar-refractivity contribution in [2.24, 2.45) is 0 Å². The largest absolute Gasteiger partial charge is 0.467 e. The van der Waals surface area contributed by atoms with Crippen LogP contribution in [-0.4, -0.2) is 25.2 Å². The molecule has 1 unspecified atom stereocenters. The lowest BCUT2D eigenvalue weighted by Gasteiger charge is -2.22. The molecule has 138 valence electrons. The molecule has 0 aliphatic heterocycles. The lowest BCUT2D eigenvalue weighted by molar-refractivity contribution is -0.146. The maximum atomic E-state index is 14.4. The van der Waals surface area contributed by atoms with Gasteiger partial charge in [-0.1, -0.05) is 60.7 Å². The standard InChI is InChI=1S/C19H19F2NO4/c1-25-17(23)16(12-19(20,21)15-10-6-3-7-11-15)22-18(24)26-13-14-8-4-2-5-9-14/h2-11,16H,12-13H2,1H3,(H,22,24). The average molecular weight is 363 g/mol. The van der Waals surface area contributed by atoms with E-state index in [0.29, 0.717) is 0 Å². The van der Waals surface area contributed by atoms with Crippen LogP contribution in [0.4, 0.5) is 13.6 Å². The summed E-state index contributed by atoms with van der Waals surface area (Å²) in [5.41, 5.74) is 0.472. The summed E-state index contributed by atoms with van der Waals surface area (Å²) in [6.45, 7) is -0.0460. The number of carbonyl (C=O) groups excluding carboxylic acids is 2. The van der Waals surface area contributed by atoms with Crippen LogP contribution in [0.15, 0.2) is 60.7 Å². The molecule has 5 nitrogen and oxygen atoms in total. The van der Waals surface area contributed by atoms with Gasteiger partial charge in [0, 0.05) is 12.0 Å². The minimum absolute atomic E-state index is 0.0460. The molecule has 0 bridgehead atoms. The van der Waals surface area contributed by atoms with E-state index in [1.54, 1.807) is 30.3 Å². The Bertz CT molecular complexity index is 723. The van der Waals surface area contributed by atoms with E-state index in [0.717, 1.165) is 12.7 Å². The van der Waals surface area contributed by atoms with Crippen molar-refractivity contribution in [3.05, 3.63) is 71.8 Å². The number of alkyl carbamates (subject to hydrolysis) is 1. The van der Waals surface area contributed by atoms with E-state index < -0.39 is 30.4 Å². The third-order valence-electron chi connectivity index (χ3n) is 3.65. The first-order chi connectivity index (χ1) is 12.4. The minimum Gasteiger partial charge on any atom is -0.467 e. The molecule has 0 fully saturated rings. The van der Waals surface area contributed by atoms with Crippen LogP contribution in [-0.2, 0) is 26.8 Å². The zero-order chi connectivity index (χ0) is 19.0. The van der Waals surface area contributed by atoms with Gasteiger partial charge in [-0.2, -0.15) is 0 Å². The second-order valence-corrected chi connectivity index (χ2v) is 5.56. The number of amides is 1. The summed E-state index contributed by atoms with van der Waals surface area (Å²) >= 11 is 0. The highest BCUT2D eigenvalue weighted by molar-refractivity contribution is 5.81. The molecule has 0 spiro atoms. The number of ether oxygens (including phenoxy) is 2. The van der Waals surface area contributed by atoms with Crippen molar-refractivity contribution in [2.45, 2.75) is 25.0 Å². The summed E-state index contributed by atoms with van der Waals surface area (Å²) in [5, 5.41) is 2.15. The SMILES string of the molecule is COC(=O)C(CC(F)(F)c1ccccc1)NC(=O)OCc1ccccc1. The molecule has 1 amide bonds. The lowest BCUT2D eigenvalue weighted by atomic mass is 10.0. The van der Waals surface area contributed by atoms with Crippen molar-refractivity contribution in [2.75, 3.05) is 7.11 Å². The number of rotatable bonds is 7. The third-order valence-corrected chi connectivity index (χ3v) is 3.65. The lowest BCUT2D eigenvalue weighted by Crippen LogP contribution is -2.44. The van der Waals surface area contributed by atoms with Gasteiger partial charge in [0.15, 0.2) is 0 Å². The number of nitrogens with one attached hydrogen (secondary N) is 1. The second kappa shape index (κ2) is 8.94. The molecule has 26 heavy (non-hydrogen) atoms. The molecule has 7 heteroatoms. The van der Waals surface area contributed by atoms with Crippen LogP contribution in [0.25, 0.3) is 0 Å². The predicted molar refractivity (Wildman–Crippen MR) is 90.5 cm³/mol. The monoisotopic (exact) mass is 363 g/mol. The van der Waals surface area contributed by atoms with Gasteiger partial charge in [-0.15, -0.1) is 0 Å². The molecule has 1 N–H and O–H groups in total. The fourth-order valence-corrected chi connectivity index (χ4v) is 2.30. The Balaban J connectivity index is 2.00. The Morgan fingerprint density at radius 1 is 1.04 bits per heavy atom. The summed E-state index contributed by atoms with van der Waals surface area (Å²) in [5.74, 6) is -4.30. The number of carbonyl (C=O) groups is 2. The highest BCUT2D eigenvalue weighted by atomic mass is 19.3. The normalized spacial score (nSPS) is 12.1. The van der Waals surface area contributed by atoms with Crippen molar-refractivity contribution in [3.8, 4) is 0 Å². The topological polar surface area (TPSA) is 64.6 Å². The number of hydrogen-bond donors (Lipinski definition) is 1. The van der Waals surface area contributed by atoms with Gasteiger partial charge in [-0.3, -0.25) is 0 Å². The van der Waals surface area contributed by atoms with Crippen molar-refractivity contribution in [1.82, 2.24) is 5.32 Å². The summed E-state index contributed by atoms with van der Waals surface area (Å²) < 4.78 is 38.3. The molecule has 0 aliphatic carbocycles. The van der Waals surface area contributed by atoms with Crippen LogP contribution in [0.1, 0.15) is 17.5 Å². The molecule has 2 aromatic rings. The Kier molecular flexibility index (Phi) is 6.66. The number of esters is 1. The Labute approximate surface area is 149 Å². The molecule has 0 aliphatic rings. The van der Waals surface area contributed by atoms with Crippen molar-refractivity contribution < 1.29 is 27.8 Å². The van der Waals surface area contributed by atoms with E-state index in [2.05, 4.69) is 10.1 Å². The smallest absolute Gasteiger partial charge is 0.408 e. The number of benzene rings is 2. The van der Waals surface area contributed by atoms with Crippen molar-refractivity contribution in [3.63, 3.8) is 0 Å². The molecule has 0 heterocycles. The number of halogens is 2. The predicted octanol–water partition coefficient (Wildman–Crippen LogP) is 3.64. The second-order valence-electron chi connectivity index (χ2n) is 5.56. The zero-order valence-corrected chi connectivity index (χ0v) is 14.2. The molecule has 0 saturated heterocycles. The molecule has 0 aromatic heterocycles. The summed E-state index contributed by atoms with van der Waals surface area (Å²) in [7, 11) is 1.06. The average Bonchev–Trinajstić information content (AvgIpc) is 2.66. The molecule has 0 saturated carbocycles. The zero-order valence-electron chi connectivity index (χ0n) is 14.2. The highest BCUT2D eigenvalue weighted by Crippen LogP contribution is 2.32. The fraction of sp³-hybridized carbons (Fsp3) is 0.263. The van der Waals surface area contributed by atoms with Crippen LogP contribution >= 0.6 is 0 Å². The maximum Gasteiger partial charge on any atom is 0.408 e. The van der Waals surface area contributed by atoms with Crippen LogP contribution < -0.4 is 5.32 Å². The van der Waals surface area contributed by atoms with E-state index in [1.807, 2.05) is 6.07 Å². The highest BCUT2D eigenvalue weighted by Gasteiger charge is 2.38. The van der Waals surface area contributed by atoms with Gasteiger partial charge in [-0.05, 0) is 5.56 Å². The van der Waals surface area contributed by atoms with Crippen LogP contribution in [0.3, 0.4) is 0 Å². The Hall–Kier alpha value is -2.96. The van der Waals surface area contributed by atoms with E-state index in [1.165, 1.54) is 24.3 Å². The van der Waals surface area contributed by atoms with Crippen LogP contribution in [0.5, 0.6) is 0 Å². The fourth-order valence-electron chi connectivity index (χ4n) is 2.30. The molecule has 2 aromatic carbocycles. The summed E-state index contributed by atoms with van der Waals surface area (Å²) in [6.07, 6.45) is -1.92. The van der Waals surface area contributed by atoms with Gasteiger partial charge >= 0.3 is 12.1 Å². The third kappa shape index (κ3) is 5.54. The van der Waals surface area contributed by atoms with Crippen molar-refractivity contribution >= 4 is 12.1 Å². The van der Waals surface area contributed by atoms with Crippen molar-refractivity contribution in [1.29, 1.82) is 0 Å². The van der Waals surface area contributed by atoms with Crippen LogP contribution in [0.2, 0.25) is 0 Å². The molecule has 0 radical (unpaired) electrons. The van der Waals surface area contributed by atoms with Gasteiger partial charge in [0.1, 0.15) is 12.6 Å². The quantitative estimate of drug-likeness (QED) is 0.763. The van der Waals surface area contributed by atoms with E-state index >= 15 is 0 Å². The summed E-state index contributed by atoms with van der Waals surface area (Å²) in [6, 6.07) is 14.4. The summed E-state index contributed by atoms with van der Waals surface area (Å²) in [4.78, 5) is 23.7.